The van der Waals surface area contributed by atoms with Gasteiger partial charge in [-0.2, -0.15) is 0 Å². The summed E-state index contributed by atoms with van der Waals surface area (Å²) in [6, 6.07) is 10.6. The van der Waals surface area contributed by atoms with Crippen LogP contribution >= 0.6 is 0 Å². The van der Waals surface area contributed by atoms with Crippen molar-refractivity contribution in [2.45, 2.75) is 61.1 Å². The molecule has 0 saturated heterocycles. The minimum atomic E-state index is 1.18. The minimum Gasteiger partial charge on any atom is -0.0920 e. The molecule has 0 aliphatic carbocycles. The predicted molar refractivity (Wildman–Crippen MR) is 80.6 cm³/mol. The maximum absolute atomic E-state index is 2.20. The van der Waals surface area contributed by atoms with E-state index in [1.165, 1.54) is 18.3 Å². The molecule has 0 spiro atoms. The van der Waals surface area contributed by atoms with Gasteiger partial charge >= 0.3 is 0 Å². The zero-order valence-corrected chi connectivity index (χ0v) is 12.4. The fourth-order valence-corrected chi connectivity index (χ4v) is 0.956. The van der Waals surface area contributed by atoms with Crippen LogP contribution in [-0.4, -0.2) is 7.28 Å². The van der Waals surface area contributed by atoms with Crippen LogP contribution in [0.25, 0.3) is 0 Å². The summed E-state index contributed by atoms with van der Waals surface area (Å²) in [6.45, 7) is 14.1. The van der Waals surface area contributed by atoms with E-state index in [2.05, 4.69) is 44.4 Å². The second kappa shape index (κ2) is 23.8. The molecule has 93 valence electrons. The molecule has 1 radical (unpaired) electrons. The van der Waals surface area contributed by atoms with E-state index in [0.29, 0.717) is 0 Å². The van der Waals surface area contributed by atoms with E-state index < -0.39 is 0 Å². The Hall–Kier alpha value is -0.715. The van der Waals surface area contributed by atoms with Gasteiger partial charge in [0.2, 0.25) is 0 Å². The van der Waals surface area contributed by atoms with E-state index in [9.17, 15) is 0 Å². The molecule has 0 heterocycles. The van der Waals surface area contributed by atoms with Gasteiger partial charge in [0.25, 0.3) is 0 Å². The molecule has 0 amide bonds. The van der Waals surface area contributed by atoms with E-state index in [-0.39, 0.29) is 0 Å². The van der Waals surface area contributed by atoms with Crippen LogP contribution in [0.4, 0.5) is 0 Å². The first-order chi connectivity index (χ1) is 7.93. The number of benzene rings is 1. The first-order valence-electron chi connectivity index (χ1n) is 6.75. The van der Waals surface area contributed by atoms with Gasteiger partial charge in [-0.25, -0.2) is 0 Å². The molecule has 0 N–H and O–H groups in total. The highest BCUT2D eigenvalue weighted by Gasteiger charge is 1.88. The smallest absolute Gasteiger partial charge is 0.0920 e. The minimum absolute atomic E-state index is 1.18. The Labute approximate surface area is 105 Å². The maximum Gasteiger partial charge on any atom is 0.106 e. The lowest BCUT2D eigenvalue weighted by atomic mass is 9.76. The summed E-state index contributed by atoms with van der Waals surface area (Å²) in [4.78, 5) is 0. The Morgan fingerprint density at radius 1 is 0.812 bits per heavy atom. The van der Waals surface area contributed by atoms with Crippen LogP contribution in [0.1, 0.15) is 47.1 Å². The molecule has 0 unspecified atom stereocenters. The van der Waals surface area contributed by atoms with Gasteiger partial charge in [-0.15, -0.1) is 0 Å². The van der Waals surface area contributed by atoms with Crippen LogP contribution in [0, 0.1) is 0 Å². The molecule has 0 aliphatic rings. The number of hydrogen-bond donors (Lipinski definition) is 0. The lowest BCUT2D eigenvalue weighted by molar-refractivity contribution is 1.12. The van der Waals surface area contributed by atoms with Crippen LogP contribution < -0.4 is 0 Å². The highest BCUT2D eigenvalue weighted by Crippen LogP contribution is 2.01. The summed E-state index contributed by atoms with van der Waals surface area (Å²) in [6.07, 6.45) is 2.36. The molecule has 0 aliphatic heterocycles. The van der Waals surface area contributed by atoms with Gasteiger partial charge in [-0.3, -0.25) is 0 Å². The van der Waals surface area contributed by atoms with E-state index in [1.807, 2.05) is 41.5 Å². The van der Waals surface area contributed by atoms with Crippen LogP contribution in [0.5, 0.6) is 0 Å². The SMILES string of the molecule is CC.CC.CC.C[B]CCc1ccccc1. The first kappa shape index (κ1) is 20.7. The van der Waals surface area contributed by atoms with Gasteiger partial charge in [0, 0.05) is 0 Å². The standard InChI is InChI=1S/C9H12B.3C2H6/c1-10-8-7-9-5-3-2-4-6-9;3*1-2/h2-6H,7-8H2,1H3;3*1-2H3. The second-order valence-electron chi connectivity index (χ2n) is 2.43. The molecule has 0 atom stereocenters. The van der Waals surface area contributed by atoms with Crippen LogP contribution in [0.2, 0.25) is 13.1 Å². The van der Waals surface area contributed by atoms with Crippen molar-refractivity contribution in [1.29, 1.82) is 0 Å². The molecule has 1 aromatic carbocycles. The Morgan fingerprint density at radius 3 is 1.62 bits per heavy atom. The maximum atomic E-state index is 2.20. The van der Waals surface area contributed by atoms with Crippen molar-refractivity contribution < 1.29 is 0 Å². The third-order valence-electron chi connectivity index (χ3n) is 1.56. The van der Waals surface area contributed by atoms with Crippen LogP contribution in [0.15, 0.2) is 30.3 Å². The molecular weight excluding hydrogens is 191 g/mol. The van der Waals surface area contributed by atoms with Crippen molar-refractivity contribution in [3.63, 3.8) is 0 Å². The Morgan fingerprint density at radius 2 is 1.25 bits per heavy atom. The first-order valence-corrected chi connectivity index (χ1v) is 6.75. The quantitative estimate of drug-likeness (QED) is 0.593. The highest BCUT2D eigenvalue weighted by atomic mass is 13.9. The van der Waals surface area contributed by atoms with Gasteiger partial charge in [0.1, 0.15) is 7.28 Å². The third-order valence-corrected chi connectivity index (χ3v) is 1.56. The average molecular weight is 221 g/mol. The van der Waals surface area contributed by atoms with Crippen LogP contribution in [0.3, 0.4) is 0 Å². The third kappa shape index (κ3) is 15.7. The zero-order valence-electron chi connectivity index (χ0n) is 12.4. The van der Waals surface area contributed by atoms with Crippen molar-refractivity contribution in [3.05, 3.63) is 35.9 Å². The Balaban J connectivity index is -0.000000245. The summed E-state index contributed by atoms with van der Waals surface area (Å²) in [5, 5.41) is 0. The van der Waals surface area contributed by atoms with Gasteiger partial charge < -0.3 is 0 Å². The molecule has 1 heteroatoms. The van der Waals surface area contributed by atoms with E-state index in [1.54, 1.807) is 0 Å². The number of aryl methyl sites for hydroxylation is 1. The van der Waals surface area contributed by atoms with E-state index >= 15 is 0 Å². The highest BCUT2D eigenvalue weighted by molar-refractivity contribution is 6.33. The van der Waals surface area contributed by atoms with Crippen molar-refractivity contribution >= 4 is 7.28 Å². The average Bonchev–Trinajstić information content (AvgIpc) is 2.44. The van der Waals surface area contributed by atoms with Gasteiger partial charge in [0.05, 0.1) is 0 Å². The van der Waals surface area contributed by atoms with Gasteiger partial charge in [-0.05, 0) is 12.0 Å². The van der Waals surface area contributed by atoms with Gasteiger partial charge in [0.15, 0.2) is 0 Å². The molecule has 0 fully saturated rings. The molecule has 0 bridgehead atoms. The van der Waals surface area contributed by atoms with E-state index in [4.69, 9.17) is 0 Å². The molecule has 0 nitrogen and oxygen atoms in total. The molecule has 1 rings (SSSR count). The number of rotatable bonds is 3. The summed E-state index contributed by atoms with van der Waals surface area (Å²) in [5.41, 5.74) is 1.43. The largest absolute Gasteiger partial charge is 0.106 e. The molecule has 0 saturated carbocycles. The Kier molecular flexibility index (Phi) is 30.8. The molecule has 16 heavy (non-hydrogen) atoms. The van der Waals surface area contributed by atoms with Crippen molar-refractivity contribution in [1.82, 2.24) is 0 Å². The topological polar surface area (TPSA) is 0 Å². The van der Waals surface area contributed by atoms with Crippen molar-refractivity contribution in [2.75, 3.05) is 0 Å². The monoisotopic (exact) mass is 221 g/mol. The summed E-state index contributed by atoms with van der Waals surface area (Å²) >= 11 is 0. The lowest BCUT2D eigenvalue weighted by Gasteiger charge is -1.95. The summed E-state index contributed by atoms with van der Waals surface area (Å²) in [7, 11) is 2.20. The van der Waals surface area contributed by atoms with Gasteiger partial charge in [-0.1, -0.05) is 85.0 Å². The number of hydrogen-bond acceptors (Lipinski definition) is 0. The fourth-order valence-electron chi connectivity index (χ4n) is 0.956. The van der Waals surface area contributed by atoms with Crippen molar-refractivity contribution in [2.24, 2.45) is 0 Å². The molecular formula is C15H30B. The van der Waals surface area contributed by atoms with Crippen LogP contribution in [-0.2, 0) is 6.42 Å². The molecule has 1 aromatic rings. The summed E-state index contributed by atoms with van der Waals surface area (Å²) < 4.78 is 0. The summed E-state index contributed by atoms with van der Waals surface area (Å²) in [5.74, 6) is 0. The second-order valence-corrected chi connectivity index (χ2v) is 2.43. The zero-order chi connectivity index (χ0) is 13.2. The molecule has 0 aromatic heterocycles. The predicted octanol–water partition coefficient (Wildman–Crippen LogP) is 5.48. The van der Waals surface area contributed by atoms with E-state index in [0.717, 1.165) is 0 Å². The van der Waals surface area contributed by atoms with Crippen molar-refractivity contribution in [3.8, 4) is 0 Å². The fraction of sp³-hybridized carbons (Fsp3) is 0.600. The Bertz CT molecular complexity index is 170. The normalized spacial score (nSPS) is 6.94. The lowest BCUT2D eigenvalue weighted by Crippen LogP contribution is -1.86.